The molecular formula is C9H11N3. The van der Waals surface area contributed by atoms with E-state index in [0.29, 0.717) is 6.42 Å². The van der Waals surface area contributed by atoms with Crippen molar-refractivity contribution in [2.75, 3.05) is 0 Å². The second-order valence-electron chi connectivity index (χ2n) is 2.76. The fourth-order valence-corrected chi connectivity index (χ4v) is 0.997. The molecule has 1 rings (SSSR count). The summed E-state index contributed by atoms with van der Waals surface area (Å²) < 4.78 is 0. The Morgan fingerprint density at radius 3 is 3.00 bits per heavy atom. The standard InChI is InChI=1S/C9H11N3/c1-7-4-8(6-12-5-7)9(11)2-3-10/h4-6,9H,2,11H2,1H3. The van der Waals surface area contributed by atoms with Gasteiger partial charge in [0.15, 0.2) is 0 Å². The molecule has 1 heterocycles. The summed E-state index contributed by atoms with van der Waals surface area (Å²) in [6, 6.07) is 3.78. The number of rotatable bonds is 2. The molecule has 0 aliphatic carbocycles. The summed E-state index contributed by atoms with van der Waals surface area (Å²) in [4.78, 5) is 4.00. The van der Waals surface area contributed by atoms with Crippen molar-refractivity contribution in [3.8, 4) is 6.07 Å². The third-order valence-electron chi connectivity index (χ3n) is 1.64. The third kappa shape index (κ3) is 2.04. The Kier molecular flexibility index (Phi) is 2.78. The van der Waals surface area contributed by atoms with Gasteiger partial charge in [0.1, 0.15) is 0 Å². The van der Waals surface area contributed by atoms with E-state index in [-0.39, 0.29) is 6.04 Å². The van der Waals surface area contributed by atoms with Gasteiger partial charge < -0.3 is 5.73 Å². The number of aromatic nitrogens is 1. The Morgan fingerprint density at radius 2 is 2.42 bits per heavy atom. The molecule has 0 aliphatic heterocycles. The highest BCUT2D eigenvalue weighted by Gasteiger charge is 2.04. The van der Waals surface area contributed by atoms with E-state index in [1.54, 1.807) is 12.4 Å². The highest BCUT2D eigenvalue weighted by molar-refractivity contribution is 5.20. The first-order valence-electron chi connectivity index (χ1n) is 3.78. The van der Waals surface area contributed by atoms with E-state index in [1.165, 1.54) is 0 Å². The molecule has 3 nitrogen and oxygen atoms in total. The Hall–Kier alpha value is -1.40. The number of nitrogens with zero attached hydrogens (tertiary/aromatic N) is 2. The first-order valence-corrected chi connectivity index (χ1v) is 3.78. The van der Waals surface area contributed by atoms with Crippen molar-refractivity contribution >= 4 is 0 Å². The normalized spacial score (nSPS) is 12.1. The predicted molar refractivity (Wildman–Crippen MR) is 46.1 cm³/mol. The van der Waals surface area contributed by atoms with Gasteiger partial charge >= 0.3 is 0 Å². The molecule has 0 saturated heterocycles. The third-order valence-corrected chi connectivity index (χ3v) is 1.64. The molecule has 0 spiro atoms. The quantitative estimate of drug-likeness (QED) is 0.711. The van der Waals surface area contributed by atoms with Crippen molar-refractivity contribution in [1.82, 2.24) is 4.98 Å². The van der Waals surface area contributed by atoms with E-state index in [2.05, 4.69) is 4.98 Å². The molecule has 0 aromatic carbocycles. The summed E-state index contributed by atoms with van der Waals surface area (Å²) in [7, 11) is 0. The van der Waals surface area contributed by atoms with Gasteiger partial charge in [0, 0.05) is 18.4 Å². The average molecular weight is 161 g/mol. The zero-order chi connectivity index (χ0) is 8.97. The van der Waals surface area contributed by atoms with E-state index >= 15 is 0 Å². The van der Waals surface area contributed by atoms with Crippen molar-refractivity contribution < 1.29 is 0 Å². The molecule has 1 aromatic heterocycles. The summed E-state index contributed by atoms with van der Waals surface area (Å²) >= 11 is 0. The molecule has 0 bridgehead atoms. The number of hydrogen-bond donors (Lipinski definition) is 1. The van der Waals surface area contributed by atoms with Crippen LogP contribution in [0.15, 0.2) is 18.5 Å². The molecule has 12 heavy (non-hydrogen) atoms. The average Bonchev–Trinajstić information content (AvgIpc) is 2.05. The maximum Gasteiger partial charge on any atom is 0.0641 e. The number of nitrogens with two attached hydrogens (primary N) is 1. The fourth-order valence-electron chi connectivity index (χ4n) is 0.997. The van der Waals surface area contributed by atoms with Crippen LogP contribution in [0.1, 0.15) is 23.6 Å². The maximum atomic E-state index is 8.42. The number of aryl methyl sites for hydroxylation is 1. The molecule has 0 saturated carbocycles. The van der Waals surface area contributed by atoms with E-state index in [4.69, 9.17) is 11.0 Å². The van der Waals surface area contributed by atoms with Crippen molar-refractivity contribution in [3.05, 3.63) is 29.6 Å². The highest BCUT2D eigenvalue weighted by atomic mass is 14.7. The van der Waals surface area contributed by atoms with Crippen LogP contribution < -0.4 is 5.73 Å². The van der Waals surface area contributed by atoms with Gasteiger partial charge in [-0.1, -0.05) is 6.07 Å². The smallest absolute Gasteiger partial charge is 0.0641 e. The van der Waals surface area contributed by atoms with Gasteiger partial charge in [0.2, 0.25) is 0 Å². The van der Waals surface area contributed by atoms with E-state index in [0.717, 1.165) is 11.1 Å². The largest absolute Gasteiger partial charge is 0.323 e. The Morgan fingerprint density at radius 1 is 1.67 bits per heavy atom. The molecule has 3 heteroatoms. The number of pyridine rings is 1. The Bertz CT molecular complexity index is 301. The van der Waals surface area contributed by atoms with Gasteiger partial charge in [0.05, 0.1) is 12.5 Å². The summed E-state index contributed by atoms with van der Waals surface area (Å²) in [6.07, 6.45) is 3.81. The van der Waals surface area contributed by atoms with Crippen LogP contribution in [0.4, 0.5) is 0 Å². The van der Waals surface area contributed by atoms with Crippen LogP contribution >= 0.6 is 0 Å². The topological polar surface area (TPSA) is 62.7 Å². The Balaban J connectivity index is 2.82. The molecule has 1 unspecified atom stereocenters. The molecular weight excluding hydrogens is 150 g/mol. The maximum absolute atomic E-state index is 8.42. The number of nitriles is 1. The van der Waals surface area contributed by atoms with Crippen molar-refractivity contribution in [2.45, 2.75) is 19.4 Å². The lowest BCUT2D eigenvalue weighted by molar-refractivity contribution is 0.743. The summed E-state index contributed by atoms with van der Waals surface area (Å²) in [5.74, 6) is 0. The highest BCUT2D eigenvalue weighted by Crippen LogP contribution is 2.12. The lowest BCUT2D eigenvalue weighted by Gasteiger charge is -2.06. The minimum atomic E-state index is -0.206. The van der Waals surface area contributed by atoms with Crippen LogP contribution in [0, 0.1) is 18.3 Å². The van der Waals surface area contributed by atoms with Gasteiger partial charge in [-0.3, -0.25) is 4.98 Å². The molecule has 2 N–H and O–H groups in total. The van der Waals surface area contributed by atoms with Crippen LogP contribution in [-0.4, -0.2) is 4.98 Å². The minimum absolute atomic E-state index is 0.206. The van der Waals surface area contributed by atoms with Crippen molar-refractivity contribution in [2.24, 2.45) is 5.73 Å². The summed E-state index contributed by atoms with van der Waals surface area (Å²) in [5.41, 5.74) is 7.71. The van der Waals surface area contributed by atoms with Gasteiger partial charge in [0.25, 0.3) is 0 Å². The fraction of sp³-hybridized carbons (Fsp3) is 0.333. The number of hydrogen-bond acceptors (Lipinski definition) is 3. The predicted octanol–water partition coefficient (Wildman–Crippen LogP) is 1.30. The van der Waals surface area contributed by atoms with E-state index < -0.39 is 0 Å². The van der Waals surface area contributed by atoms with Gasteiger partial charge in [-0.15, -0.1) is 0 Å². The molecule has 0 amide bonds. The summed E-state index contributed by atoms with van der Waals surface area (Å²) in [6.45, 7) is 1.95. The van der Waals surface area contributed by atoms with E-state index in [9.17, 15) is 0 Å². The van der Waals surface area contributed by atoms with Crippen LogP contribution in [0.5, 0.6) is 0 Å². The molecule has 1 aromatic rings. The van der Waals surface area contributed by atoms with E-state index in [1.807, 2.05) is 19.1 Å². The van der Waals surface area contributed by atoms with Gasteiger partial charge in [-0.2, -0.15) is 5.26 Å². The molecule has 0 aliphatic rings. The van der Waals surface area contributed by atoms with Gasteiger partial charge in [-0.05, 0) is 18.1 Å². The van der Waals surface area contributed by atoms with Crippen molar-refractivity contribution in [1.29, 1.82) is 5.26 Å². The monoisotopic (exact) mass is 161 g/mol. The Labute approximate surface area is 71.8 Å². The van der Waals surface area contributed by atoms with Gasteiger partial charge in [-0.25, -0.2) is 0 Å². The lowest BCUT2D eigenvalue weighted by atomic mass is 10.1. The summed E-state index contributed by atoms with van der Waals surface area (Å²) in [5, 5.41) is 8.42. The first kappa shape index (κ1) is 8.69. The zero-order valence-corrected chi connectivity index (χ0v) is 6.99. The lowest BCUT2D eigenvalue weighted by Crippen LogP contribution is -2.09. The van der Waals surface area contributed by atoms with Crippen LogP contribution in [0.25, 0.3) is 0 Å². The molecule has 1 atom stereocenters. The first-order chi connectivity index (χ1) is 5.74. The molecule has 0 radical (unpaired) electrons. The SMILES string of the molecule is Cc1cncc(C(N)CC#N)c1. The van der Waals surface area contributed by atoms with Crippen LogP contribution in [0.3, 0.4) is 0 Å². The second-order valence-corrected chi connectivity index (χ2v) is 2.76. The van der Waals surface area contributed by atoms with Crippen LogP contribution in [0.2, 0.25) is 0 Å². The molecule has 62 valence electrons. The molecule has 0 fully saturated rings. The minimum Gasteiger partial charge on any atom is -0.323 e. The van der Waals surface area contributed by atoms with Crippen molar-refractivity contribution in [3.63, 3.8) is 0 Å². The van der Waals surface area contributed by atoms with Crippen LogP contribution in [-0.2, 0) is 0 Å². The zero-order valence-electron chi connectivity index (χ0n) is 6.99. The second kappa shape index (κ2) is 3.84.